The van der Waals surface area contributed by atoms with E-state index in [4.69, 9.17) is 5.73 Å². The molecule has 82 valence electrons. The van der Waals surface area contributed by atoms with Gasteiger partial charge in [0.15, 0.2) is 0 Å². The smallest absolute Gasteiger partial charge is 0.0416 e. The van der Waals surface area contributed by atoms with Gasteiger partial charge in [0.2, 0.25) is 0 Å². The van der Waals surface area contributed by atoms with E-state index in [1.807, 2.05) is 6.07 Å². The van der Waals surface area contributed by atoms with Crippen LogP contribution in [0.4, 0.5) is 11.4 Å². The molecule has 0 saturated carbocycles. The fraction of sp³-hybridized carbons (Fsp3) is 0.538. The molecule has 2 atom stereocenters. The van der Waals surface area contributed by atoms with E-state index in [0.29, 0.717) is 0 Å². The van der Waals surface area contributed by atoms with Crippen molar-refractivity contribution in [1.29, 1.82) is 0 Å². The van der Waals surface area contributed by atoms with Gasteiger partial charge < -0.3 is 10.6 Å². The van der Waals surface area contributed by atoms with E-state index in [2.05, 4.69) is 37.8 Å². The summed E-state index contributed by atoms with van der Waals surface area (Å²) < 4.78 is 0. The van der Waals surface area contributed by atoms with Crippen molar-refractivity contribution in [2.75, 3.05) is 23.7 Å². The predicted octanol–water partition coefficient (Wildman–Crippen LogP) is 2.67. The highest BCUT2D eigenvalue weighted by atomic mass is 15.2. The number of hydrogen-bond donors (Lipinski definition) is 1. The molecule has 2 unspecified atom stereocenters. The highest BCUT2D eigenvalue weighted by molar-refractivity contribution is 5.61. The van der Waals surface area contributed by atoms with Crippen LogP contribution >= 0.6 is 0 Å². The number of anilines is 2. The van der Waals surface area contributed by atoms with E-state index in [0.717, 1.165) is 30.6 Å². The summed E-state index contributed by atoms with van der Waals surface area (Å²) in [7, 11) is 0. The van der Waals surface area contributed by atoms with Crippen molar-refractivity contribution in [3.05, 3.63) is 23.8 Å². The quantitative estimate of drug-likeness (QED) is 0.713. The van der Waals surface area contributed by atoms with Crippen molar-refractivity contribution in [3.8, 4) is 0 Å². The fourth-order valence-electron chi connectivity index (χ4n) is 2.29. The summed E-state index contributed by atoms with van der Waals surface area (Å²) in [6, 6.07) is 6.18. The van der Waals surface area contributed by atoms with Crippen LogP contribution in [-0.4, -0.2) is 13.1 Å². The SMILES string of the molecule is Cc1ccc(N)cc1N1CC(C)C(C)C1. The minimum Gasteiger partial charge on any atom is -0.399 e. The molecule has 1 fully saturated rings. The van der Waals surface area contributed by atoms with Gasteiger partial charge in [-0.1, -0.05) is 19.9 Å². The van der Waals surface area contributed by atoms with Gasteiger partial charge in [-0.3, -0.25) is 0 Å². The molecule has 0 bridgehead atoms. The van der Waals surface area contributed by atoms with Crippen molar-refractivity contribution in [3.63, 3.8) is 0 Å². The lowest BCUT2D eigenvalue weighted by atomic mass is 10.0. The minimum absolute atomic E-state index is 0.783. The molecule has 1 saturated heterocycles. The number of benzene rings is 1. The molecule has 1 aliphatic rings. The van der Waals surface area contributed by atoms with E-state index in [1.54, 1.807) is 0 Å². The third kappa shape index (κ3) is 1.94. The molecule has 0 aliphatic carbocycles. The van der Waals surface area contributed by atoms with Crippen LogP contribution in [0, 0.1) is 18.8 Å². The Labute approximate surface area is 92.1 Å². The Kier molecular flexibility index (Phi) is 2.59. The first-order valence-corrected chi connectivity index (χ1v) is 5.69. The van der Waals surface area contributed by atoms with Crippen LogP contribution < -0.4 is 10.6 Å². The van der Waals surface area contributed by atoms with Crippen molar-refractivity contribution < 1.29 is 0 Å². The van der Waals surface area contributed by atoms with Crippen molar-refractivity contribution in [2.24, 2.45) is 11.8 Å². The molecular weight excluding hydrogens is 184 g/mol. The molecule has 1 aliphatic heterocycles. The van der Waals surface area contributed by atoms with Gasteiger partial charge in [-0.2, -0.15) is 0 Å². The summed E-state index contributed by atoms with van der Waals surface area (Å²) in [4.78, 5) is 2.46. The van der Waals surface area contributed by atoms with E-state index in [1.165, 1.54) is 11.3 Å². The average molecular weight is 204 g/mol. The number of nitrogen functional groups attached to an aromatic ring is 1. The Morgan fingerprint density at radius 2 is 1.80 bits per heavy atom. The summed E-state index contributed by atoms with van der Waals surface area (Å²) in [5.41, 5.74) is 9.34. The first-order chi connectivity index (χ1) is 7.08. The van der Waals surface area contributed by atoms with Gasteiger partial charge in [-0.15, -0.1) is 0 Å². The summed E-state index contributed by atoms with van der Waals surface area (Å²) in [5, 5.41) is 0. The number of aryl methyl sites for hydroxylation is 1. The lowest BCUT2D eigenvalue weighted by Crippen LogP contribution is -2.20. The second-order valence-corrected chi connectivity index (χ2v) is 4.91. The summed E-state index contributed by atoms with van der Waals surface area (Å²) >= 11 is 0. The number of nitrogens with zero attached hydrogens (tertiary/aromatic N) is 1. The maximum atomic E-state index is 5.84. The molecule has 0 radical (unpaired) electrons. The average Bonchev–Trinajstić information content (AvgIpc) is 2.51. The van der Waals surface area contributed by atoms with Crippen molar-refractivity contribution in [1.82, 2.24) is 0 Å². The molecule has 2 rings (SSSR count). The maximum absolute atomic E-state index is 5.84. The normalized spacial score (nSPS) is 25.9. The third-order valence-electron chi connectivity index (χ3n) is 3.56. The van der Waals surface area contributed by atoms with E-state index >= 15 is 0 Å². The Balaban J connectivity index is 2.27. The summed E-state index contributed by atoms with van der Waals surface area (Å²) in [5.74, 6) is 1.57. The molecule has 0 aromatic heterocycles. The van der Waals surface area contributed by atoms with Gasteiger partial charge in [0.05, 0.1) is 0 Å². The molecule has 2 nitrogen and oxygen atoms in total. The Morgan fingerprint density at radius 3 is 2.40 bits per heavy atom. The molecule has 0 amide bonds. The van der Waals surface area contributed by atoms with Gasteiger partial charge in [0, 0.05) is 24.5 Å². The summed E-state index contributed by atoms with van der Waals surface area (Å²) in [6.07, 6.45) is 0. The number of hydrogen-bond acceptors (Lipinski definition) is 2. The number of nitrogens with two attached hydrogens (primary N) is 1. The highest BCUT2D eigenvalue weighted by Crippen LogP contribution is 2.30. The van der Waals surface area contributed by atoms with Crippen LogP contribution in [0.2, 0.25) is 0 Å². The molecule has 1 aromatic carbocycles. The zero-order chi connectivity index (χ0) is 11.0. The van der Waals surface area contributed by atoms with Crippen LogP contribution in [0.15, 0.2) is 18.2 Å². The number of rotatable bonds is 1. The first kappa shape index (κ1) is 10.3. The topological polar surface area (TPSA) is 29.3 Å². The lowest BCUT2D eigenvalue weighted by Gasteiger charge is -2.21. The van der Waals surface area contributed by atoms with E-state index in [9.17, 15) is 0 Å². The van der Waals surface area contributed by atoms with Gasteiger partial charge >= 0.3 is 0 Å². The molecule has 2 N–H and O–H groups in total. The van der Waals surface area contributed by atoms with Gasteiger partial charge in [-0.25, -0.2) is 0 Å². The standard InChI is InChI=1S/C13H20N2/c1-9-4-5-12(14)6-13(9)15-7-10(2)11(3)8-15/h4-6,10-11H,7-8,14H2,1-3H3. The Bertz CT molecular complexity index is 350. The van der Waals surface area contributed by atoms with Crippen LogP contribution in [-0.2, 0) is 0 Å². The predicted molar refractivity (Wildman–Crippen MR) is 66.1 cm³/mol. The van der Waals surface area contributed by atoms with Gasteiger partial charge in [0.25, 0.3) is 0 Å². The van der Waals surface area contributed by atoms with Crippen molar-refractivity contribution in [2.45, 2.75) is 20.8 Å². The van der Waals surface area contributed by atoms with Gasteiger partial charge in [0.1, 0.15) is 0 Å². The van der Waals surface area contributed by atoms with Crippen LogP contribution in [0.3, 0.4) is 0 Å². The maximum Gasteiger partial charge on any atom is 0.0416 e. The largest absolute Gasteiger partial charge is 0.399 e. The van der Waals surface area contributed by atoms with E-state index < -0.39 is 0 Å². The summed E-state index contributed by atoms with van der Waals surface area (Å²) in [6.45, 7) is 9.12. The highest BCUT2D eigenvalue weighted by Gasteiger charge is 2.26. The van der Waals surface area contributed by atoms with Crippen LogP contribution in [0.1, 0.15) is 19.4 Å². The molecule has 0 spiro atoms. The second-order valence-electron chi connectivity index (χ2n) is 4.91. The second kappa shape index (κ2) is 3.76. The molecule has 15 heavy (non-hydrogen) atoms. The van der Waals surface area contributed by atoms with Crippen LogP contribution in [0.25, 0.3) is 0 Å². The minimum atomic E-state index is 0.783. The van der Waals surface area contributed by atoms with Crippen molar-refractivity contribution >= 4 is 11.4 Å². The van der Waals surface area contributed by atoms with E-state index in [-0.39, 0.29) is 0 Å². The third-order valence-corrected chi connectivity index (χ3v) is 3.56. The fourth-order valence-corrected chi connectivity index (χ4v) is 2.29. The Morgan fingerprint density at radius 1 is 1.20 bits per heavy atom. The first-order valence-electron chi connectivity index (χ1n) is 5.69. The zero-order valence-corrected chi connectivity index (χ0v) is 9.83. The molecular formula is C13H20N2. The molecule has 1 aromatic rings. The molecule has 2 heteroatoms. The molecule has 1 heterocycles. The Hall–Kier alpha value is -1.18. The monoisotopic (exact) mass is 204 g/mol. The zero-order valence-electron chi connectivity index (χ0n) is 9.83. The van der Waals surface area contributed by atoms with Gasteiger partial charge in [-0.05, 0) is 36.5 Å². The lowest BCUT2D eigenvalue weighted by molar-refractivity contribution is 0.494. The van der Waals surface area contributed by atoms with Crippen LogP contribution in [0.5, 0.6) is 0 Å².